The Hall–Kier alpha value is -4.33. The van der Waals surface area contributed by atoms with Crippen LogP contribution in [0.2, 0.25) is 0 Å². The Bertz CT molecular complexity index is 1460. The van der Waals surface area contributed by atoms with Crippen LogP contribution in [0.5, 0.6) is 0 Å². The van der Waals surface area contributed by atoms with Crippen LogP contribution in [0.25, 0.3) is 27.8 Å². The summed E-state index contributed by atoms with van der Waals surface area (Å²) in [7, 11) is 1.87. The molecule has 0 fully saturated rings. The van der Waals surface area contributed by atoms with Crippen molar-refractivity contribution < 1.29 is 4.79 Å². The number of benzene rings is 2. The number of para-hydroxylation sites is 2. The fraction of sp³-hybridized carbons (Fsp3) is 0.250. The second kappa shape index (κ2) is 10.1. The minimum Gasteiger partial charge on any atom is -0.371 e. The molecule has 2 amide bonds. The van der Waals surface area contributed by atoms with E-state index in [4.69, 9.17) is 4.98 Å². The van der Waals surface area contributed by atoms with Crippen LogP contribution in [0.3, 0.4) is 0 Å². The molecular formula is C28H31N7O. The van der Waals surface area contributed by atoms with E-state index in [1.165, 1.54) is 0 Å². The number of nitrogens with zero attached hydrogens (tertiary/aromatic N) is 4. The maximum absolute atomic E-state index is 12.8. The van der Waals surface area contributed by atoms with E-state index in [-0.39, 0.29) is 11.9 Å². The molecule has 0 spiro atoms. The largest absolute Gasteiger partial charge is 0.371 e. The first kappa shape index (κ1) is 23.4. The normalized spacial score (nSPS) is 12.1. The van der Waals surface area contributed by atoms with Gasteiger partial charge in [-0.15, -0.1) is 0 Å². The summed E-state index contributed by atoms with van der Waals surface area (Å²) in [6, 6.07) is 19.8. The number of carbonyl (C=O) groups is 1. The molecule has 2 aromatic carbocycles. The molecule has 0 aliphatic heterocycles. The van der Waals surface area contributed by atoms with E-state index in [2.05, 4.69) is 50.1 Å². The summed E-state index contributed by atoms with van der Waals surface area (Å²) in [6.07, 6.45) is 4.52. The van der Waals surface area contributed by atoms with Crippen LogP contribution in [0.15, 0.2) is 73.1 Å². The molecule has 3 heterocycles. The van der Waals surface area contributed by atoms with Crippen LogP contribution in [0.1, 0.15) is 32.0 Å². The smallest absolute Gasteiger partial charge is 0.321 e. The zero-order valence-electron chi connectivity index (χ0n) is 20.8. The Balaban J connectivity index is 1.42. The molecule has 0 saturated heterocycles. The van der Waals surface area contributed by atoms with E-state index >= 15 is 0 Å². The van der Waals surface area contributed by atoms with E-state index in [0.717, 1.165) is 51.6 Å². The van der Waals surface area contributed by atoms with Crippen LogP contribution in [0.4, 0.5) is 16.3 Å². The highest BCUT2D eigenvalue weighted by molar-refractivity contribution is 5.92. The summed E-state index contributed by atoms with van der Waals surface area (Å²) < 4.78 is 2.12. The van der Waals surface area contributed by atoms with E-state index in [1.54, 1.807) is 6.20 Å². The van der Waals surface area contributed by atoms with Crippen molar-refractivity contribution in [1.29, 1.82) is 0 Å². The predicted molar refractivity (Wildman–Crippen MR) is 146 cm³/mol. The van der Waals surface area contributed by atoms with Gasteiger partial charge in [0.1, 0.15) is 17.0 Å². The molecule has 3 N–H and O–H groups in total. The van der Waals surface area contributed by atoms with Gasteiger partial charge < -0.3 is 20.5 Å². The van der Waals surface area contributed by atoms with Crippen molar-refractivity contribution in [1.82, 2.24) is 24.3 Å². The van der Waals surface area contributed by atoms with Crippen molar-refractivity contribution in [3.05, 3.63) is 78.9 Å². The Kier molecular flexibility index (Phi) is 6.58. The third-order valence-corrected chi connectivity index (χ3v) is 6.57. The number of amides is 2. The lowest BCUT2D eigenvalue weighted by atomic mass is 10.1. The van der Waals surface area contributed by atoms with Gasteiger partial charge in [-0.05, 0) is 37.6 Å². The number of aromatic nitrogens is 4. The summed E-state index contributed by atoms with van der Waals surface area (Å²) in [5, 5.41) is 7.34. The van der Waals surface area contributed by atoms with E-state index in [0.29, 0.717) is 13.1 Å². The molecule has 1 atom stereocenters. The molecule has 8 nitrogen and oxygen atoms in total. The fourth-order valence-electron chi connectivity index (χ4n) is 4.59. The molecule has 0 aliphatic rings. The van der Waals surface area contributed by atoms with Crippen LogP contribution in [0, 0.1) is 0 Å². The Labute approximate surface area is 210 Å². The lowest BCUT2D eigenvalue weighted by Crippen LogP contribution is -2.36. The average molecular weight is 482 g/mol. The zero-order chi connectivity index (χ0) is 25.1. The summed E-state index contributed by atoms with van der Waals surface area (Å²) >= 11 is 0. The summed E-state index contributed by atoms with van der Waals surface area (Å²) in [4.78, 5) is 27.8. The molecule has 0 radical (unpaired) electrons. The van der Waals surface area contributed by atoms with Crippen molar-refractivity contribution in [2.24, 2.45) is 0 Å². The number of imidazole rings is 1. The third-order valence-electron chi connectivity index (χ3n) is 6.57. The molecule has 0 bridgehead atoms. The maximum atomic E-state index is 12.8. The first-order valence-corrected chi connectivity index (χ1v) is 12.3. The van der Waals surface area contributed by atoms with Gasteiger partial charge >= 0.3 is 6.03 Å². The van der Waals surface area contributed by atoms with Crippen LogP contribution >= 0.6 is 0 Å². The van der Waals surface area contributed by atoms with E-state index < -0.39 is 0 Å². The number of hydrogen-bond donors (Lipinski definition) is 3. The number of rotatable bonds is 8. The van der Waals surface area contributed by atoms with Gasteiger partial charge in [-0.2, -0.15) is 0 Å². The molecule has 0 saturated carbocycles. The Morgan fingerprint density at radius 3 is 2.67 bits per heavy atom. The summed E-state index contributed by atoms with van der Waals surface area (Å²) in [6.45, 7) is 5.41. The molecule has 36 heavy (non-hydrogen) atoms. The monoisotopic (exact) mass is 481 g/mol. The van der Waals surface area contributed by atoms with Gasteiger partial charge in [-0.1, -0.05) is 43.3 Å². The number of urea groups is 1. The second-order valence-corrected chi connectivity index (χ2v) is 8.90. The number of fused-ring (bicyclic) bond motifs is 2. The van der Waals surface area contributed by atoms with Crippen molar-refractivity contribution in [3.63, 3.8) is 0 Å². The highest BCUT2D eigenvalue weighted by Crippen LogP contribution is 2.33. The van der Waals surface area contributed by atoms with Crippen molar-refractivity contribution in [2.45, 2.75) is 26.2 Å². The van der Waals surface area contributed by atoms with Crippen molar-refractivity contribution >= 4 is 34.0 Å². The maximum Gasteiger partial charge on any atom is 0.321 e. The predicted octanol–water partition coefficient (Wildman–Crippen LogP) is 5.97. The van der Waals surface area contributed by atoms with Crippen LogP contribution in [-0.4, -0.2) is 50.4 Å². The molecule has 0 aliphatic carbocycles. The average Bonchev–Trinajstić information content (AvgIpc) is 3.51. The summed E-state index contributed by atoms with van der Waals surface area (Å²) in [5.74, 6) is 1.83. The molecular weight excluding hydrogens is 450 g/mol. The van der Waals surface area contributed by atoms with Gasteiger partial charge in [0, 0.05) is 55.0 Å². The van der Waals surface area contributed by atoms with Crippen LogP contribution in [-0.2, 0) is 0 Å². The number of hydrogen-bond acceptors (Lipinski definition) is 4. The highest BCUT2D eigenvalue weighted by Gasteiger charge is 2.22. The molecule has 5 rings (SSSR count). The molecule has 184 valence electrons. The van der Waals surface area contributed by atoms with Gasteiger partial charge in [0.2, 0.25) is 0 Å². The number of H-pyrrole nitrogens is 1. The molecule has 3 aromatic heterocycles. The quantitative estimate of drug-likeness (QED) is 0.255. The topological polar surface area (TPSA) is 90.3 Å². The lowest BCUT2D eigenvalue weighted by Gasteiger charge is -2.23. The van der Waals surface area contributed by atoms with Crippen molar-refractivity contribution in [3.8, 4) is 11.4 Å². The highest BCUT2D eigenvalue weighted by atomic mass is 16.2. The van der Waals surface area contributed by atoms with Gasteiger partial charge in [0.15, 0.2) is 5.82 Å². The van der Waals surface area contributed by atoms with Gasteiger partial charge in [-0.25, -0.2) is 14.8 Å². The number of aromatic amines is 1. The number of carbonyl (C=O) groups excluding carboxylic acids is 1. The van der Waals surface area contributed by atoms with Gasteiger partial charge in [0.05, 0.1) is 5.69 Å². The van der Waals surface area contributed by atoms with Gasteiger partial charge in [0.25, 0.3) is 0 Å². The lowest BCUT2D eigenvalue weighted by molar-refractivity contribution is 0.212. The minimum atomic E-state index is -0.0932. The van der Waals surface area contributed by atoms with E-state index in [1.807, 2.05) is 67.5 Å². The molecule has 1 unspecified atom stereocenters. The minimum absolute atomic E-state index is 0.0932. The first-order valence-electron chi connectivity index (χ1n) is 12.3. The van der Waals surface area contributed by atoms with E-state index in [9.17, 15) is 4.79 Å². The third kappa shape index (κ3) is 4.49. The number of nitrogens with one attached hydrogen (secondary N) is 3. The first-order chi connectivity index (χ1) is 17.6. The molecule has 5 aromatic rings. The van der Waals surface area contributed by atoms with Gasteiger partial charge in [-0.3, -0.25) is 4.40 Å². The summed E-state index contributed by atoms with van der Waals surface area (Å²) in [5.41, 5.74) is 4.61. The van der Waals surface area contributed by atoms with Crippen LogP contribution < -0.4 is 10.6 Å². The number of anilines is 2. The molecule has 8 heteroatoms. The standard InChI is InChI=1S/C28H31N7O/c1-4-34(28(36)31-21-11-6-5-7-12-21)16-14-19(2)27-33-24(25-26(29-3)30-15-17-35(25)27)23-18-20-10-8-9-13-22(20)32-23/h5-13,15,17-19,32H,4,14,16H2,1-3H3,(H,29,30)(H,31,36). The fourth-order valence-corrected chi connectivity index (χ4v) is 4.59. The second-order valence-electron chi connectivity index (χ2n) is 8.90. The SMILES string of the molecule is CCN(CCC(C)c1nc(-c2cc3ccccc3[nH]2)c2c(NC)nccn12)C(=O)Nc1ccccc1. The zero-order valence-corrected chi connectivity index (χ0v) is 20.8. The Morgan fingerprint density at radius 1 is 1.14 bits per heavy atom. The van der Waals surface area contributed by atoms with Crippen molar-refractivity contribution in [2.75, 3.05) is 30.8 Å². The Morgan fingerprint density at radius 2 is 1.92 bits per heavy atom.